The van der Waals surface area contributed by atoms with Crippen LogP contribution in [0.2, 0.25) is 0 Å². The minimum atomic E-state index is -4.87. The van der Waals surface area contributed by atoms with E-state index in [1.165, 1.54) is 0 Å². The Balaban J connectivity index is 2.03. The van der Waals surface area contributed by atoms with Crippen molar-refractivity contribution in [3.05, 3.63) is 10.4 Å². The number of azide groups is 1. The molecule has 0 aliphatic carbocycles. The van der Waals surface area contributed by atoms with E-state index >= 15 is 0 Å². The van der Waals surface area contributed by atoms with Gasteiger partial charge in [0.2, 0.25) is 0 Å². The molecular formula is C15H25B2N3O8P-. The Morgan fingerprint density at radius 3 is 2.48 bits per heavy atom. The van der Waals surface area contributed by atoms with Gasteiger partial charge < -0.3 is 32.9 Å². The van der Waals surface area contributed by atoms with Crippen LogP contribution in [0.5, 0.6) is 0 Å². The van der Waals surface area contributed by atoms with Gasteiger partial charge in [-0.2, -0.15) is 0 Å². The predicted molar refractivity (Wildman–Crippen MR) is 101 cm³/mol. The van der Waals surface area contributed by atoms with Gasteiger partial charge in [0.25, 0.3) is 7.82 Å². The van der Waals surface area contributed by atoms with E-state index in [-0.39, 0.29) is 18.8 Å². The van der Waals surface area contributed by atoms with Crippen LogP contribution in [0, 0.1) is 0 Å². The van der Waals surface area contributed by atoms with E-state index in [0.717, 1.165) is 0 Å². The van der Waals surface area contributed by atoms with E-state index in [4.69, 9.17) is 49.2 Å². The standard InChI is InChI=1S/C15H26B2N3O8P/c1-7(2)24-9-5-11(16)26-10(9)6-23-29(21,22)28-13-12(19-20-18)14(17)27-15(13)25-8(3)4/h7-15H,5-6H2,1-4H3,(H,21,22)/p-1/t9-,10-,11-,12?,13-,14-,15+/m1/s1. The molecule has 29 heavy (non-hydrogen) atoms. The van der Waals surface area contributed by atoms with Gasteiger partial charge in [-0.25, -0.2) is 0 Å². The first-order chi connectivity index (χ1) is 13.5. The lowest BCUT2D eigenvalue weighted by Gasteiger charge is -2.31. The molecule has 2 rings (SSSR count). The van der Waals surface area contributed by atoms with Crippen LogP contribution in [-0.2, 0) is 32.6 Å². The van der Waals surface area contributed by atoms with Crippen LogP contribution < -0.4 is 4.89 Å². The van der Waals surface area contributed by atoms with Crippen LogP contribution in [0.4, 0.5) is 0 Å². The van der Waals surface area contributed by atoms with Crippen LogP contribution >= 0.6 is 7.82 Å². The molecule has 0 bridgehead atoms. The molecule has 0 aromatic heterocycles. The Morgan fingerprint density at radius 1 is 1.24 bits per heavy atom. The maximum absolute atomic E-state index is 12.4. The summed E-state index contributed by atoms with van der Waals surface area (Å²) >= 11 is 0. The van der Waals surface area contributed by atoms with Crippen LogP contribution in [0.1, 0.15) is 34.1 Å². The Hall–Kier alpha value is -0.610. The average Bonchev–Trinajstić information content (AvgIpc) is 3.06. The summed E-state index contributed by atoms with van der Waals surface area (Å²) in [6, 6.07) is -2.80. The molecule has 0 aromatic rings. The quantitative estimate of drug-likeness (QED) is 0.164. The summed E-state index contributed by atoms with van der Waals surface area (Å²) in [4.78, 5) is 15.1. The molecule has 0 N–H and O–H groups in total. The highest BCUT2D eigenvalue weighted by atomic mass is 31.2. The molecule has 160 valence electrons. The largest absolute Gasteiger partial charge is 0.756 e. The molecule has 2 aliphatic rings. The van der Waals surface area contributed by atoms with Crippen LogP contribution in [0.25, 0.3) is 10.4 Å². The van der Waals surface area contributed by atoms with Crippen molar-refractivity contribution in [2.24, 2.45) is 5.11 Å². The number of phosphoric acid groups is 1. The molecule has 2 unspecified atom stereocenters. The lowest BCUT2D eigenvalue weighted by atomic mass is 9.92. The molecular weight excluding hydrogens is 403 g/mol. The van der Waals surface area contributed by atoms with E-state index in [2.05, 4.69) is 10.0 Å². The first-order valence-electron chi connectivity index (χ1n) is 9.33. The van der Waals surface area contributed by atoms with Gasteiger partial charge in [0, 0.05) is 16.9 Å². The molecule has 14 heteroatoms. The zero-order chi connectivity index (χ0) is 21.8. The molecule has 11 nitrogen and oxygen atoms in total. The third kappa shape index (κ3) is 7.24. The van der Waals surface area contributed by atoms with Crippen molar-refractivity contribution in [3.8, 4) is 0 Å². The lowest BCUT2D eigenvalue weighted by molar-refractivity contribution is -0.244. The van der Waals surface area contributed by atoms with Gasteiger partial charge in [-0.15, -0.1) is 0 Å². The van der Waals surface area contributed by atoms with Crippen molar-refractivity contribution in [2.45, 2.75) is 89.0 Å². The van der Waals surface area contributed by atoms with Gasteiger partial charge in [0.05, 0.1) is 31.0 Å². The summed E-state index contributed by atoms with van der Waals surface area (Å²) in [7, 11) is 6.66. The predicted octanol–water partition coefficient (Wildman–Crippen LogP) is 0.888. The fraction of sp³-hybridized carbons (Fsp3) is 1.00. The number of hydrogen-bond donors (Lipinski definition) is 0. The summed E-state index contributed by atoms with van der Waals surface area (Å²) in [6.45, 7) is 6.77. The summed E-state index contributed by atoms with van der Waals surface area (Å²) in [5.74, 6) is 0. The first kappa shape index (κ1) is 24.7. The Morgan fingerprint density at radius 2 is 1.90 bits per heavy atom. The summed E-state index contributed by atoms with van der Waals surface area (Å²) in [5.41, 5.74) is 8.73. The lowest BCUT2D eigenvalue weighted by Crippen LogP contribution is -2.37. The molecule has 2 saturated heterocycles. The zero-order valence-electron chi connectivity index (χ0n) is 16.8. The maximum Gasteiger partial charge on any atom is 0.268 e. The van der Waals surface area contributed by atoms with Crippen molar-refractivity contribution < 1.29 is 37.5 Å². The molecule has 0 aromatic carbocycles. The number of phosphoric ester groups is 1. The highest BCUT2D eigenvalue weighted by Crippen LogP contribution is 2.45. The summed E-state index contributed by atoms with van der Waals surface area (Å²) in [6.07, 6.45) is -3.57. The van der Waals surface area contributed by atoms with Crippen LogP contribution in [0.3, 0.4) is 0 Å². The Bertz CT molecular complexity index is 639. The number of hydrogen-bond acceptors (Lipinski definition) is 9. The fourth-order valence-electron chi connectivity index (χ4n) is 3.07. The van der Waals surface area contributed by atoms with Crippen LogP contribution in [-0.4, -0.2) is 77.2 Å². The maximum atomic E-state index is 12.4. The van der Waals surface area contributed by atoms with Gasteiger partial charge in [-0.05, 0) is 39.6 Å². The molecule has 4 radical (unpaired) electrons. The minimum Gasteiger partial charge on any atom is -0.756 e. The molecule has 2 heterocycles. The molecule has 0 saturated carbocycles. The van der Waals surface area contributed by atoms with E-state index in [0.29, 0.717) is 6.42 Å². The van der Waals surface area contributed by atoms with Crippen molar-refractivity contribution >= 4 is 23.5 Å². The molecule has 8 atom stereocenters. The molecule has 0 amide bonds. The van der Waals surface area contributed by atoms with Crippen molar-refractivity contribution in [1.29, 1.82) is 0 Å². The third-order valence-corrected chi connectivity index (χ3v) is 5.11. The number of nitrogens with zero attached hydrogens (tertiary/aromatic N) is 3. The summed E-state index contributed by atoms with van der Waals surface area (Å²) in [5, 5.41) is 3.47. The second-order valence-corrected chi connectivity index (χ2v) is 8.70. The monoisotopic (exact) mass is 428 g/mol. The van der Waals surface area contributed by atoms with E-state index < -0.39 is 50.5 Å². The zero-order valence-corrected chi connectivity index (χ0v) is 17.7. The highest BCUT2D eigenvalue weighted by Gasteiger charge is 2.46. The van der Waals surface area contributed by atoms with Gasteiger partial charge in [-0.3, -0.25) is 4.57 Å². The van der Waals surface area contributed by atoms with Crippen molar-refractivity contribution in [3.63, 3.8) is 0 Å². The minimum absolute atomic E-state index is 0.0950. The van der Waals surface area contributed by atoms with Crippen molar-refractivity contribution in [2.75, 3.05) is 6.61 Å². The van der Waals surface area contributed by atoms with Gasteiger partial charge in [0.1, 0.15) is 27.9 Å². The van der Waals surface area contributed by atoms with Gasteiger partial charge in [0.15, 0.2) is 6.29 Å². The van der Waals surface area contributed by atoms with Crippen LogP contribution in [0.15, 0.2) is 5.11 Å². The fourth-order valence-corrected chi connectivity index (χ4v) is 3.99. The average molecular weight is 428 g/mol. The molecule has 2 fully saturated rings. The Labute approximate surface area is 172 Å². The third-order valence-electron chi connectivity index (χ3n) is 4.15. The van der Waals surface area contributed by atoms with E-state index in [9.17, 15) is 9.46 Å². The number of rotatable bonds is 10. The van der Waals surface area contributed by atoms with Crippen molar-refractivity contribution in [1.82, 2.24) is 0 Å². The molecule has 0 spiro atoms. The smallest absolute Gasteiger partial charge is 0.268 e. The van der Waals surface area contributed by atoms with E-state index in [1.807, 2.05) is 13.8 Å². The highest BCUT2D eigenvalue weighted by molar-refractivity contribution is 7.45. The summed E-state index contributed by atoms with van der Waals surface area (Å²) < 4.78 is 44.5. The second kappa shape index (κ2) is 10.6. The number of ether oxygens (including phenoxy) is 4. The second-order valence-electron chi connectivity index (χ2n) is 7.33. The van der Waals surface area contributed by atoms with E-state index in [1.54, 1.807) is 13.8 Å². The molecule has 2 aliphatic heterocycles. The Kier molecular flexibility index (Phi) is 9.03. The SMILES string of the molecule is [B][C@@H]1O[C@H](OC(C)C)[C@H](OP(=O)([O-])OC[C@H]2O[C@@H]([B])C[C@H]2OC(C)C)C1N=[N+]=[N-]. The van der Waals surface area contributed by atoms with Gasteiger partial charge >= 0.3 is 0 Å². The topological polar surface area (TPSA) is 144 Å². The first-order valence-corrected chi connectivity index (χ1v) is 10.8. The van der Waals surface area contributed by atoms with Gasteiger partial charge in [-0.1, -0.05) is 5.11 Å². The normalized spacial score (nSPS) is 37.0.